The third-order valence-electron chi connectivity index (χ3n) is 7.52. The first-order chi connectivity index (χ1) is 22.4. The molecule has 4 heterocycles. The van der Waals surface area contributed by atoms with Crippen LogP contribution in [0.2, 0.25) is 5.02 Å². The van der Waals surface area contributed by atoms with Crippen molar-refractivity contribution in [1.29, 1.82) is 0 Å². The minimum Gasteiger partial charge on any atom is -0.474 e. The number of likely N-dealkylation sites (tertiary alicyclic amines) is 1. The van der Waals surface area contributed by atoms with Crippen LogP contribution < -0.4 is 15.0 Å². The smallest absolute Gasteiger partial charge is 0.415 e. The third-order valence-corrected chi connectivity index (χ3v) is 7.89. The van der Waals surface area contributed by atoms with E-state index in [4.69, 9.17) is 30.5 Å². The fourth-order valence-electron chi connectivity index (χ4n) is 5.38. The molecule has 1 N–H and O–H groups in total. The summed E-state index contributed by atoms with van der Waals surface area (Å²) < 4.78 is 52.6. The highest BCUT2D eigenvalue weighted by Gasteiger charge is 2.36. The van der Waals surface area contributed by atoms with E-state index in [1.807, 2.05) is 0 Å². The number of hydrogen-bond acceptors (Lipinski definition) is 9. The van der Waals surface area contributed by atoms with E-state index in [0.717, 1.165) is 0 Å². The molecule has 15 heteroatoms. The summed E-state index contributed by atoms with van der Waals surface area (Å²) in [5.41, 5.74) is -0.168. The summed E-state index contributed by atoms with van der Waals surface area (Å²) in [6.07, 6.45) is -2.10. The van der Waals surface area contributed by atoms with E-state index in [1.54, 1.807) is 48.5 Å². The van der Waals surface area contributed by atoms with Crippen molar-refractivity contribution in [2.24, 2.45) is 0 Å². The van der Waals surface area contributed by atoms with E-state index in [0.29, 0.717) is 22.2 Å². The maximum absolute atomic E-state index is 15.8. The second kappa shape index (κ2) is 13.2. The van der Waals surface area contributed by atoms with Crippen molar-refractivity contribution in [1.82, 2.24) is 14.9 Å². The van der Waals surface area contributed by atoms with Crippen LogP contribution in [0.3, 0.4) is 0 Å². The van der Waals surface area contributed by atoms with Crippen molar-refractivity contribution < 1.29 is 42.1 Å². The number of carbonyl (C=O) groups is 3. The molecule has 0 bridgehead atoms. The van der Waals surface area contributed by atoms with Crippen LogP contribution in [0, 0.1) is 12.7 Å². The summed E-state index contributed by atoms with van der Waals surface area (Å²) in [5.74, 6) is -0.475. The number of alkyl halides is 1. The summed E-state index contributed by atoms with van der Waals surface area (Å²) in [7, 11) is 0. The summed E-state index contributed by atoms with van der Waals surface area (Å²) in [6, 6.07) is 3.00. The largest absolute Gasteiger partial charge is 0.474 e. The molecule has 3 aromatic rings. The summed E-state index contributed by atoms with van der Waals surface area (Å²) >= 11 is 6.47. The Kier molecular flexibility index (Phi) is 9.60. The zero-order valence-electron chi connectivity index (χ0n) is 27.8. The van der Waals surface area contributed by atoms with Gasteiger partial charge in [0.05, 0.1) is 18.1 Å². The van der Waals surface area contributed by atoms with Gasteiger partial charge in [0.2, 0.25) is 5.88 Å². The number of nitrogens with one attached hydrogen (secondary N) is 1. The average molecular weight is 690 g/mol. The molecule has 12 nitrogen and oxygen atoms in total. The minimum atomic E-state index is -1.63. The van der Waals surface area contributed by atoms with Crippen LogP contribution in [0.5, 0.6) is 5.88 Å². The van der Waals surface area contributed by atoms with Crippen LogP contribution >= 0.6 is 11.6 Å². The van der Waals surface area contributed by atoms with Crippen LogP contribution in [-0.4, -0.2) is 82.9 Å². The van der Waals surface area contributed by atoms with Crippen molar-refractivity contribution in [3.05, 3.63) is 40.9 Å². The first-order valence-corrected chi connectivity index (χ1v) is 15.8. The second-order valence-electron chi connectivity index (χ2n) is 13.6. The number of aromatic nitrogens is 2. The molecule has 0 radical (unpaired) electrons. The van der Waals surface area contributed by atoms with Crippen LogP contribution in [0.15, 0.2) is 24.5 Å². The average Bonchev–Trinajstić information content (AvgIpc) is 2.98. The molecule has 3 amide bonds. The number of piperidine rings is 1. The van der Waals surface area contributed by atoms with Gasteiger partial charge >= 0.3 is 18.3 Å². The zero-order valence-corrected chi connectivity index (χ0v) is 28.5. The summed E-state index contributed by atoms with van der Waals surface area (Å²) in [6.45, 7) is 12.4. The molecule has 258 valence electrons. The predicted molar refractivity (Wildman–Crippen MR) is 175 cm³/mol. The van der Waals surface area contributed by atoms with E-state index in [1.165, 1.54) is 34.3 Å². The number of ether oxygens (including phenoxy) is 4. The molecule has 0 aliphatic carbocycles. The monoisotopic (exact) mass is 689 g/mol. The molecule has 0 spiro atoms. The number of amides is 3. The number of fused-ring (bicyclic) bond motifs is 2. The van der Waals surface area contributed by atoms with Gasteiger partial charge in [0.25, 0.3) is 0 Å². The third kappa shape index (κ3) is 7.64. The van der Waals surface area contributed by atoms with Crippen molar-refractivity contribution in [3.63, 3.8) is 0 Å². The number of benzene rings is 1. The first kappa shape index (κ1) is 34.9. The molecule has 2 aromatic heterocycles. The SMILES string of the molecule is Cc1c(-c2cc3cc(NC(=O)OC4CCN(C(=O)OC(C)(C)C)CC4F)ncc3c(Cl)c2F)cnc2c1N(C(=O)OC(C)(C)C)CCO2. The Morgan fingerprint density at radius 3 is 2.35 bits per heavy atom. The van der Waals surface area contributed by atoms with Crippen LogP contribution in [0.4, 0.5) is 34.7 Å². The maximum atomic E-state index is 15.8. The number of halogens is 3. The summed E-state index contributed by atoms with van der Waals surface area (Å²) in [4.78, 5) is 49.3. The highest BCUT2D eigenvalue weighted by Crippen LogP contribution is 2.42. The van der Waals surface area contributed by atoms with Gasteiger partial charge in [0, 0.05) is 41.9 Å². The van der Waals surface area contributed by atoms with Crippen molar-refractivity contribution in [2.75, 3.05) is 36.5 Å². The van der Waals surface area contributed by atoms with Gasteiger partial charge in [-0.05, 0) is 71.5 Å². The fraction of sp³-hybridized carbons (Fsp3) is 0.485. The molecule has 0 saturated carbocycles. The molecule has 5 rings (SSSR count). The molecule has 1 aromatic carbocycles. The quantitative estimate of drug-likeness (QED) is 0.279. The first-order valence-electron chi connectivity index (χ1n) is 15.4. The Morgan fingerprint density at radius 2 is 1.69 bits per heavy atom. The number of pyridine rings is 2. The molecular weight excluding hydrogens is 652 g/mol. The van der Waals surface area contributed by atoms with Gasteiger partial charge in [-0.2, -0.15) is 0 Å². The van der Waals surface area contributed by atoms with E-state index >= 15 is 4.39 Å². The number of anilines is 2. The van der Waals surface area contributed by atoms with Gasteiger partial charge < -0.3 is 23.8 Å². The van der Waals surface area contributed by atoms with E-state index < -0.39 is 47.6 Å². The van der Waals surface area contributed by atoms with Crippen molar-refractivity contribution in [2.45, 2.75) is 78.4 Å². The Balaban J connectivity index is 1.36. The van der Waals surface area contributed by atoms with Gasteiger partial charge in [-0.1, -0.05) is 11.6 Å². The van der Waals surface area contributed by atoms with Gasteiger partial charge in [-0.3, -0.25) is 10.2 Å². The molecule has 2 aliphatic rings. The fourth-order valence-corrected chi connectivity index (χ4v) is 5.64. The number of carbonyl (C=O) groups excluding carboxylic acids is 3. The van der Waals surface area contributed by atoms with Crippen LogP contribution in [-0.2, 0) is 14.2 Å². The van der Waals surface area contributed by atoms with Gasteiger partial charge in [-0.25, -0.2) is 33.1 Å². The van der Waals surface area contributed by atoms with Gasteiger partial charge in [0.1, 0.15) is 41.2 Å². The lowest BCUT2D eigenvalue weighted by Gasteiger charge is -2.35. The lowest BCUT2D eigenvalue weighted by atomic mass is 9.97. The predicted octanol–water partition coefficient (Wildman–Crippen LogP) is 7.43. The lowest BCUT2D eigenvalue weighted by Crippen LogP contribution is -2.50. The molecule has 1 fully saturated rings. The van der Waals surface area contributed by atoms with Gasteiger partial charge in [0.15, 0.2) is 6.17 Å². The van der Waals surface area contributed by atoms with E-state index in [9.17, 15) is 18.8 Å². The standard InChI is InChI=1S/C33H38ClF2N5O7/c1-17-20(14-38-28-27(17)41(10-11-45-28)31(44)48-33(5,6)7)19-12-18-13-24(37-15-21(18)25(34)26(19)36)39-29(42)46-23-8-9-40(16-22(23)35)30(43)47-32(2,3)4/h12-15,22-23H,8-11,16H2,1-7H3,(H,37,39,42). The molecule has 48 heavy (non-hydrogen) atoms. The maximum Gasteiger partial charge on any atom is 0.415 e. The molecular formula is C33H38ClF2N5O7. The summed E-state index contributed by atoms with van der Waals surface area (Å²) in [5, 5.41) is 2.97. The zero-order chi connectivity index (χ0) is 35.1. The Labute approximate surface area is 281 Å². The molecule has 2 unspecified atom stereocenters. The van der Waals surface area contributed by atoms with E-state index in [-0.39, 0.29) is 60.3 Å². The normalized spacial score (nSPS) is 18.1. The number of hydrogen-bond donors (Lipinski definition) is 1. The van der Waals surface area contributed by atoms with E-state index in [2.05, 4.69) is 15.3 Å². The van der Waals surface area contributed by atoms with Crippen molar-refractivity contribution in [3.8, 4) is 17.0 Å². The Morgan fingerprint density at radius 1 is 1.00 bits per heavy atom. The Bertz CT molecular complexity index is 1760. The molecule has 1 saturated heterocycles. The number of nitrogens with zero attached hydrogens (tertiary/aromatic N) is 4. The molecule has 2 atom stereocenters. The Hall–Kier alpha value is -4.46. The highest BCUT2D eigenvalue weighted by molar-refractivity contribution is 6.36. The minimum absolute atomic E-state index is 0.0486. The topological polar surface area (TPSA) is 132 Å². The van der Waals surface area contributed by atoms with Crippen molar-refractivity contribution >= 4 is 52.2 Å². The molecule has 2 aliphatic heterocycles. The lowest BCUT2D eigenvalue weighted by molar-refractivity contribution is -0.0213. The number of rotatable bonds is 3. The van der Waals surface area contributed by atoms with Crippen LogP contribution in [0.1, 0.15) is 53.5 Å². The second-order valence-corrected chi connectivity index (χ2v) is 14.0. The highest BCUT2D eigenvalue weighted by atomic mass is 35.5. The van der Waals surface area contributed by atoms with Crippen LogP contribution in [0.25, 0.3) is 21.9 Å². The van der Waals surface area contributed by atoms with Gasteiger partial charge in [-0.15, -0.1) is 0 Å².